The van der Waals surface area contributed by atoms with Crippen molar-refractivity contribution in [2.24, 2.45) is 5.73 Å². The van der Waals surface area contributed by atoms with Gasteiger partial charge >= 0.3 is 6.18 Å². The van der Waals surface area contributed by atoms with Gasteiger partial charge in [-0.25, -0.2) is 0 Å². The Bertz CT molecular complexity index is 388. The van der Waals surface area contributed by atoms with Crippen molar-refractivity contribution in [3.8, 4) is 0 Å². The van der Waals surface area contributed by atoms with Gasteiger partial charge in [-0.3, -0.25) is 4.68 Å². The molecule has 4 nitrogen and oxygen atoms in total. The van der Waals surface area contributed by atoms with Gasteiger partial charge in [0, 0.05) is 12.2 Å². The maximum absolute atomic E-state index is 12.0. The molecule has 1 saturated heterocycles. The third-order valence-corrected chi connectivity index (χ3v) is 2.42. The number of aryl methyl sites for hydroxylation is 2. The van der Waals surface area contributed by atoms with Crippen LogP contribution in [0.25, 0.3) is 0 Å². The molecule has 2 unspecified atom stereocenters. The number of nitrogens with two attached hydrogens (primary N) is 1. The third kappa shape index (κ3) is 2.53. The van der Waals surface area contributed by atoms with Crippen LogP contribution >= 0.6 is 0 Å². The average Bonchev–Trinajstić information content (AvgIpc) is 2.74. The van der Waals surface area contributed by atoms with Crippen molar-refractivity contribution >= 4 is 0 Å². The van der Waals surface area contributed by atoms with Gasteiger partial charge in [0.2, 0.25) is 0 Å². The normalized spacial score (nSPS) is 24.8. The van der Waals surface area contributed by atoms with Crippen LogP contribution in [-0.4, -0.2) is 22.2 Å². The van der Waals surface area contributed by atoms with E-state index in [1.54, 1.807) is 13.0 Å². The summed E-state index contributed by atoms with van der Waals surface area (Å²) < 4.78 is 42.4. The standard InChI is InChI=1S/C9H12F3N3O/c1-5-4-6(7-8(13)16-7)14-15(5)3-2-9(10,11)12/h4,7-8H,2-3,13H2,1H3. The second kappa shape index (κ2) is 3.74. The minimum atomic E-state index is -4.16. The lowest BCUT2D eigenvalue weighted by atomic mass is 10.3. The molecule has 1 fully saturated rings. The Morgan fingerprint density at radius 2 is 2.19 bits per heavy atom. The van der Waals surface area contributed by atoms with Gasteiger partial charge in [0.1, 0.15) is 12.3 Å². The number of epoxide rings is 1. The van der Waals surface area contributed by atoms with Crippen molar-refractivity contribution in [2.45, 2.75) is 38.4 Å². The summed E-state index contributed by atoms with van der Waals surface area (Å²) in [5, 5.41) is 4.04. The number of aromatic nitrogens is 2. The zero-order valence-electron chi connectivity index (χ0n) is 8.66. The highest BCUT2D eigenvalue weighted by molar-refractivity contribution is 5.15. The maximum Gasteiger partial charge on any atom is 0.390 e. The average molecular weight is 235 g/mol. The largest absolute Gasteiger partial charge is 0.390 e. The summed E-state index contributed by atoms with van der Waals surface area (Å²) in [6, 6.07) is 1.70. The van der Waals surface area contributed by atoms with E-state index in [1.165, 1.54) is 4.68 Å². The van der Waals surface area contributed by atoms with Crippen molar-refractivity contribution in [3.05, 3.63) is 17.5 Å². The minimum Gasteiger partial charge on any atom is -0.347 e. The van der Waals surface area contributed by atoms with Gasteiger partial charge in [0.15, 0.2) is 0 Å². The van der Waals surface area contributed by atoms with Gasteiger partial charge in [0.25, 0.3) is 0 Å². The van der Waals surface area contributed by atoms with Crippen LogP contribution in [0.2, 0.25) is 0 Å². The summed E-state index contributed by atoms with van der Waals surface area (Å²) in [5.74, 6) is 0. The Labute approximate surface area is 90.2 Å². The van der Waals surface area contributed by atoms with Crippen molar-refractivity contribution in [1.82, 2.24) is 9.78 Å². The van der Waals surface area contributed by atoms with E-state index in [9.17, 15) is 13.2 Å². The summed E-state index contributed by atoms with van der Waals surface area (Å²) in [7, 11) is 0. The monoisotopic (exact) mass is 235 g/mol. The highest BCUT2D eigenvalue weighted by Gasteiger charge is 2.39. The molecule has 16 heavy (non-hydrogen) atoms. The van der Waals surface area contributed by atoms with E-state index in [1.807, 2.05) is 0 Å². The summed E-state index contributed by atoms with van der Waals surface area (Å²) in [5.41, 5.74) is 6.74. The number of ether oxygens (including phenoxy) is 1. The maximum atomic E-state index is 12.0. The first kappa shape index (κ1) is 11.4. The summed E-state index contributed by atoms with van der Waals surface area (Å²) in [6.07, 6.45) is -5.67. The van der Waals surface area contributed by atoms with E-state index >= 15 is 0 Å². The van der Waals surface area contributed by atoms with E-state index in [4.69, 9.17) is 10.5 Å². The van der Waals surface area contributed by atoms with Gasteiger partial charge in [-0.1, -0.05) is 0 Å². The van der Waals surface area contributed by atoms with Crippen LogP contribution in [0.3, 0.4) is 0 Å². The van der Waals surface area contributed by atoms with Gasteiger partial charge < -0.3 is 10.5 Å². The van der Waals surface area contributed by atoms with Gasteiger partial charge in [-0.2, -0.15) is 18.3 Å². The van der Waals surface area contributed by atoms with Crippen LogP contribution in [-0.2, 0) is 11.3 Å². The quantitative estimate of drug-likeness (QED) is 0.808. The molecule has 0 bridgehead atoms. The Kier molecular flexibility index (Phi) is 2.67. The lowest BCUT2D eigenvalue weighted by molar-refractivity contribution is -0.137. The minimum absolute atomic E-state index is 0.169. The molecule has 1 aromatic heterocycles. The first-order valence-electron chi connectivity index (χ1n) is 4.89. The number of alkyl halides is 3. The second-order valence-electron chi connectivity index (χ2n) is 3.82. The van der Waals surface area contributed by atoms with Crippen LogP contribution in [0.15, 0.2) is 6.07 Å². The molecule has 1 aliphatic heterocycles. The molecule has 2 heterocycles. The van der Waals surface area contributed by atoms with Crippen LogP contribution in [0.1, 0.15) is 23.9 Å². The Morgan fingerprint density at radius 1 is 1.56 bits per heavy atom. The molecule has 1 aromatic rings. The summed E-state index contributed by atoms with van der Waals surface area (Å²) in [4.78, 5) is 0. The van der Waals surface area contributed by atoms with E-state index in [0.717, 1.165) is 0 Å². The molecule has 0 spiro atoms. The Hall–Kier alpha value is -1.08. The van der Waals surface area contributed by atoms with Crippen LogP contribution in [0.4, 0.5) is 13.2 Å². The van der Waals surface area contributed by atoms with Crippen molar-refractivity contribution in [3.63, 3.8) is 0 Å². The lowest BCUT2D eigenvalue weighted by Crippen LogP contribution is -2.14. The highest BCUT2D eigenvalue weighted by Crippen LogP contribution is 2.34. The van der Waals surface area contributed by atoms with E-state index < -0.39 is 12.6 Å². The molecule has 0 radical (unpaired) electrons. The van der Waals surface area contributed by atoms with Gasteiger partial charge in [0.05, 0.1) is 12.1 Å². The lowest BCUT2D eigenvalue weighted by Gasteiger charge is -2.07. The molecule has 0 aromatic carbocycles. The van der Waals surface area contributed by atoms with Crippen LogP contribution in [0, 0.1) is 6.92 Å². The smallest absolute Gasteiger partial charge is 0.347 e. The first-order valence-corrected chi connectivity index (χ1v) is 4.89. The summed E-state index contributed by atoms with van der Waals surface area (Å²) in [6.45, 7) is 1.54. The van der Waals surface area contributed by atoms with Crippen molar-refractivity contribution in [1.29, 1.82) is 0 Å². The molecular formula is C9H12F3N3O. The van der Waals surface area contributed by atoms with Gasteiger partial charge in [-0.15, -0.1) is 0 Å². The number of hydrogen-bond donors (Lipinski definition) is 1. The fourth-order valence-electron chi connectivity index (χ4n) is 1.50. The molecule has 90 valence electrons. The molecule has 0 amide bonds. The van der Waals surface area contributed by atoms with E-state index in [0.29, 0.717) is 11.4 Å². The molecule has 2 rings (SSSR count). The van der Waals surface area contributed by atoms with Crippen LogP contribution < -0.4 is 5.73 Å². The first-order chi connectivity index (χ1) is 7.37. The zero-order valence-corrected chi connectivity index (χ0v) is 8.66. The SMILES string of the molecule is Cc1cc(C2OC2N)nn1CCC(F)(F)F. The molecule has 2 atom stereocenters. The number of halogens is 3. The highest BCUT2D eigenvalue weighted by atomic mass is 19.4. The number of nitrogens with zero attached hydrogens (tertiary/aromatic N) is 2. The number of hydrogen-bond acceptors (Lipinski definition) is 3. The van der Waals surface area contributed by atoms with E-state index in [-0.39, 0.29) is 18.9 Å². The van der Waals surface area contributed by atoms with Gasteiger partial charge in [-0.05, 0) is 13.0 Å². The van der Waals surface area contributed by atoms with E-state index in [2.05, 4.69) is 5.10 Å². The molecule has 0 aliphatic carbocycles. The topological polar surface area (TPSA) is 56.4 Å². The summed E-state index contributed by atoms with van der Waals surface area (Å²) >= 11 is 0. The predicted molar refractivity (Wildman–Crippen MR) is 49.4 cm³/mol. The molecule has 2 N–H and O–H groups in total. The Morgan fingerprint density at radius 3 is 2.69 bits per heavy atom. The number of rotatable bonds is 3. The molecule has 1 aliphatic rings. The third-order valence-electron chi connectivity index (χ3n) is 2.42. The second-order valence-corrected chi connectivity index (χ2v) is 3.82. The molecule has 7 heteroatoms. The zero-order chi connectivity index (χ0) is 11.9. The predicted octanol–water partition coefficient (Wildman–Crippen LogP) is 1.50. The molecule has 0 saturated carbocycles. The van der Waals surface area contributed by atoms with Crippen molar-refractivity contribution < 1.29 is 17.9 Å². The fourth-order valence-corrected chi connectivity index (χ4v) is 1.50. The van der Waals surface area contributed by atoms with Crippen molar-refractivity contribution in [2.75, 3.05) is 0 Å². The fraction of sp³-hybridized carbons (Fsp3) is 0.667. The van der Waals surface area contributed by atoms with Crippen LogP contribution in [0.5, 0.6) is 0 Å². The molecular weight excluding hydrogens is 223 g/mol. The Balaban J connectivity index is 2.02.